The fourth-order valence-electron chi connectivity index (χ4n) is 2.48. The molecule has 23 heavy (non-hydrogen) atoms. The number of halogens is 3. The molecule has 126 valence electrons. The van der Waals surface area contributed by atoms with Gasteiger partial charge in [-0.2, -0.15) is 13.2 Å². The number of amides is 1. The van der Waals surface area contributed by atoms with Crippen LogP contribution in [0.1, 0.15) is 24.5 Å². The number of carbonyl (C=O) groups is 1. The molecule has 2 N–H and O–H groups in total. The summed E-state index contributed by atoms with van der Waals surface area (Å²) in [6, 6.07) is 4.98. The van der Waals surface area contributed by atoms with Gasteiger partial charge in [-0.25, -0.2) is 0 Å². The second-order valence-corrected chi connectivity index (χ2v) is 5.83. The number of hydrogen-bond acceptors (Lipinski definition) is 2. The average molecular weight is 326 g/mol. The maximum atomic E-state index is 12.5. The zero-order chi connectivity index (χ0) is 16.9. The van der Waals surface area contributed by atoms with Crippen LogP contribution in [0.5, 0.6) is 0 Å². The summed E-state index contributed by atoms with van der Waals surface area (Å²) in [5.74, 6) is -0.363. The van der Waals surface area contributed by atoms with Crippen molar-refractivity contribution in [1.82, 2.24) is 10.6 Å². The second kappa shape index (κ2) is 7.64. The molecular formula is C17H21F3N2O. The highest BCUT2D eigenvalue weighted by molar-refractivity contribution is 5.78. The van der Waals surface area contributed by atoms with Gasteiger partial charge in [-0.15, -0.1) is 0 Å². The molecule has 0 saturated carbocycles. The molecule has 1 atom stereocenters. The van der Waals surface area contributed by atoms with Crippen LogP contribution in [0.4, 0.5) is 13.2 Å². The van der Waals surface area contributed by atoms with Crippen molar-refractivity contribution in [2.24, 2.45) is 5.92 Å². The van der Waals surface area contributed by atoms with Gasteiger partial charge in [0, 0.05) is 19.0 Å². The highest BCUT2D eigenvalue weighted by atomic mass is 19.4. The van der Waals surface area contributed by atoms with Crippen molar-refractivity contribution in [3.8, 4) is 0 Å². The highest BCUT2D eigenvalue weighted by Crippen LogP contribution is 2.29. The van der Waals surface area contributed by atoms with Crippen molar-refractivity contribution in [3.05, 3.63) is 47.0 Å². The van der Waals surface area contributed by atoms with E-state index in [9.17, 15) is 18.0 Å². The SMILES string of the molecule is CC(Cc1ccc(C(F)(F)F)cc1)C(=O)NCC1=CCNCC1. The van der Waals surface area contributed by atoms with Crippen LogP contribution in [0.25, 0.3) is 0 Å². The number of hydrogen-bond donors (Lipinski definition) is 2. The first kappa shape index (κ1) is 17.5. The molecule has 1 aliphatic heterocycles. The number of alkyl halides is 3. The molecule has 0 radical (unpaired) electrons. The molecule has 2 rings (SSSR count). The minimum absolute atomic E-state index is 0.0793. The van der Waals surface area contributed by atoms with Gasteiger partial charge in [-0.3, -0.25) is 4.79 Å². The molecule has 0 fully saturated rings. The molecule has 0 aliphatic carbocycles. The van der Waals surface area contributed by atoms with Gasteiger partial charge in [-0.1, -0.05) is 30.7 Å². The number of carbonyl (C=O) groups excluding carboxylic acids is 1. The zero-order valence-electron chi connectivity index (χ0n) is 13.0. The predicted octanol–water partition coefficient (Wildman–Crippen LogP) is 2.92. The molecule has 1 aromatic carbocycles. The topological polar surface area (TPSA) is 41.1 Å². The van der Waals surface area contributed by atoms with Crippen molar-refractivity contribution >= 4 is 5.91 Å². The summed E-state index contributed by atoms with van der Waals surface area (Å²) < 4.78 is 37.5. The van der Waals surface area contributed by atoms with Crippen LogP contribution >= 0.6 is 0 Å². The fourth-order valence-corrected chi connectivity index (χ4v) is 2.48. The standard InChI is InChI=1S/C17H21F3N2O/c1-12(16(23)22-11-14-6-8-21-9-7-14)10-13-2-4-15(5-3-13)17(18,19)20/h2-6,12,21H,7-11H2,1H3,(H,22,23). The molecule has 0 spiro atoms. The molecular weight excluding hydrogens is 305 g/mol. The number of benzene rings is 1. The molecule has 0 saturated heterocycles. The van der Waals surface area contributed by atoms with E-state index in [1.165, 1.54) is 17.7 Å². The summed E-state index contributed by atoms with van der Waals surface area (Å²) in [5.41, 5.74) is 1.26. The Morgan fingerprint density at radius 2 is 2.00 bits per heavy atom. The molecule has 1 aromatic rings. The second-order valence-electron chi connectivity index (χ2n) is 5.83. The third-order valence-corrected chi connectivity index (χ3v) is 3.92. The van der Waals surface area contributed by atoms with Gasteiger partial charge in [-0.05, 0) is 37.1 Å². The smallest absolute Gasteiger partial charge is 0.352 e. The van der Waals surface area contributed by atoms with E-state index in [0.717, 1.165) is 37.2 Å². The quantitative estimate of drug-likeness (QED) is 0.817. The molecule has 1 amide bonds. The minimum Gasteiger partial charge on any atom is -0.352 e. The van der Waals surface area contributed by atoms with Gasteiger partial charge in [0.15, 0.2) is 0 Å². The van der Waals surface area contributed by atoms with Gasteiger partial charge >= 0.3 is 6.18 Å². The first-order chi connectivity index (χ1) is 10.9. The Bertz CT molecular complexity index is 564. The van der Waals surface area contributed by atoms with Gasteiger partial charge in [0.1, 0.15) is 0 Å². The predicted molar refractivity (Wildman–Crippen MR) is 82.9 cm³/mol. The van der Waals surface area contributed by atoms with E-state index in [1.807, 2.05) is 0 Å². The maximum absolute atomic E-state index is 12.5. The van der Waals surface area contributed by atoms with Gasteiger partial charge in [0.05, 0.1) is 5.56 Å². The van der Waals surface area contributed by atoms with Crippen molar-refractivity contribution < 1.29 is 18.0 Å². The summed E-state index contributed by atoms with van der Waals surface area (Å²) in [4.78, 5) is 12.1. The van der Waals surface area contributed by atoms with E-state index in [-0.39, 0.29) is 11.8 Å². The Hall–Kier alpha value is -1.82. The molecule has 1 aliphatic rings. The Labute approximate surface area is 134 Å². The highest BCUT2D eigenvalue weighted by Gasteiger charge is 2.30. The molecule has 1 heterocycles. The minimum atomic E-state index is -4.33. The summed E-state index contributed by atoms with van der Waals surface area (Å²) >= 11 is 0. The van der Waals surface area contributed by atoms with Crippen LogP contribution in [0.3, 0.4) is 0 Å². The van der Waals surface area contributed by atoms with E-state index >= 15 is 0 Å². The van der Waals surface area contributed by atoms with Gasteiger partial charge in [0.25, 0.3) is 0 Å². The van der Waals surface area contributed by atoms with Crippen molar-refractivity contribution in [3.63, 3.8) is 0 Å². The van der Waals surface area contributed by atoms with Crippen LogP contribution in [-0.4, -0.2) is 25.5 Å². The lowest BCUT2D eigenvalue weighted by Crippen LogP contribution is -2.33. The summed E-state index contributed by atoms with van der Waals surface area (Å²) in [7, 11) is 0. The van der Waals surface area contributed by atoms with Crippen molar-refractivity contribution in [1.29, 1.82) is 0 Å². The third kappa shape index (κ3) is 5.39. The largest absolute Gasteiger partial charge is 0.416 e. The van der Waals surface area contributed by atoms with E-state index in [2.05, 4.69) is 16.7 Å². The first-order valence-electron chi connectivity index (χ1n) is 7.68. The van der Waals surface area contributed by atoms with E-state index in [1.54, 1.807) is 6.92 Å². The summed E-state index contributed by atoms with van der Waals surface area (Å²) in [6.45, 7) is 4.07. The lowest BCUT2D eigenvalue weighted by atomic mass is 9.99. The molecule has 1 unspecified atom stereocenters. The molecule has 0 aromatic heterocycles. The van der Waals surface area contributed by atoms with Crippen LogP contribution < -0.4 is 10.6 Å². The summed E-state index contributed by atoms with van der Waals surface area (Å²) in [6.07, 6.45) is -0.910. The third-order valence-electron chi connectivity index (χ3n) is 3.92. The van der Waals surface area contributed by atoms with Gasteiger partial charge < -0.3 is 10.6 Å². The Morgan fingerprint density at radius 1 is 1.30 bits per heavy atom. The van der Waals surface area contributed by atoms with Crippen LogP contribution in [0, 0.1) is 5.92 Å². The lowest BCUT2D eigenvalue weighted by Gasteiger charge is -2.17. The fraction of sp³-hybridized carbons (Fsp3) is 0.471. The Morgan fingerprint density at radius 3 is 2.57 bits per heavy atom. The first-order valence-corrected chi connectivity index (χ1v) is 7.68. The molecule has 3 nitrogen and oxygen atoms in total. The van der Waals surface area contributed by atoms with Crippen LogP contribution in [0.15, 0.2) is 35.9 Å². The van der Waals surface area contributed by atoms with Crippen molar-refractivity contribution in [2.45, 2.75) is 25.9 Å². The van der Waals surface area contributed by atoms with Crippen LogP contribution in [0.2, 0.25) is 0 Å². The maximum Gasteiger partial charge on any atom is 0.416 e. The van der Waals surface area contributed by atoms with Gasteiger partial charge in [0.2, 0.25) is 5.91 Å². The zero-order valence-corrected chi connectivity index (χ0v) is 13.0. The number of rotatable bonds is 5. The normalized spacial score (nSPS) is 16.6. The van der Waals surface area contributed by atoms with E-state index in [4.69, 9.17) is 0 Å². The van der Waals surface area contributed by atoms with E-state index in [0.29, 0.717) is 13.0 Å². The molecule has 6 heteroatoms. The Balaban J connectivity index is 1.84. The lowest BCUT2D eigenvalue weighted by molar-refractivity contribution is -0.137. The van der Waals surface area contributed by atoms with Crippen molar-refractivity contribution in [2.75, 3.05) is 19.6 Å². The molecule has 0 bridgehead atoms. The monoisotopic (exact) mass is 326 g/mol. The number of nitrogens with one attached hydrogen (secondary N) is 2. The Kier molecular flexibility index (Phi) is 5.82. The van der Waals surface area contributed by atoms with Crippen LogP contribution in [-0.2, 0) is 17.4 Å². The van der Waals surface area contributed by atoms with E-state index < -0.39 is 11.7 Å². The summed E-state index contributed by atoms with van der Waals surface area (Å²) in [5, 5.41) is 6.10. The average Bonchev–Trinajstić information content (AvgIpc) is 2.53.